The molecule has 0 aliphatic heterocycles. The first-order chi connectivity index (χ1) is 12.3. The highest BCUT2D eigenvalue weighted by atomic mass is 32.2. The minimum absolute atomic E-state index is 0.131. The van der Waals surface area contributed by atoms with E-state index in [4.69, 9.17) is 13.0 Å². The van der Waals surface area contributed by atoms with E-state index in [1.54, 1.807) is 18.2 Å². The predicted molar refractivity (Wildman–Crippen MR) is 89.3 cm³/mol. The highest BCUT2D eigenvalue weighted by Crippen LogP contribution is 2.54. The fourth-order valence-electron chi connectivity index (χ4n) is 3.05. The van der Waals surface area contributed by atoms with E-state index in [2.05, 4.69) is 0 Å². The van der Waals surface area contributed by atoms with E-state index < -0.39 is 31.6 Å². The third-order valence-electron chi connectivity index (χ3n) is 4.19. The van der Waals surface area contributed by atoms with Crippen LogP contribution < -0.4 is 0 Å². The van der Waals surface area contributed by atoms with Crippen LogP contribution in [0.25, 0.3) is 10.1 Å². The summed E-state index contributed by atoms with van der Waals surface area (Å²) in [5.41, 5.74) is -9.79. The van der Waals surface area contributed by atoms with Gasteiger partial charge in [0.2, 0.25) is 0 Å². The van der Waals surface area contributed by atoms with Crippen LogP contribution in [0.3, 0.4) is 0 Å². The Hall–Kier alpha value is -1.33. The molecule has 1 aromatic carbocycles. The molecular formula is C16H16F6O3S2. The van der Waals surface area contributed by atoms with Gasteiger partial charge in [-0.25, -0.2) is 8.42 Å². The zero-order valence-corrected chi connectivity index (χ0v) is 15.4. The molecule has 1 aromatic heterocycles. The molecule has 2 aromatic rings. The van der Waals surface area contributed by atoms with Gasteiger partial charge in [0.05, 0.1) is 10.5 Å². The molecule has 1 atom stereocenters. The topological polar surface area (TPSA) is 57.2 Å². The van der Waals surface area contributed by atoms with Crippen LogP contribution >= 0.6 is 10.5 Å². The zero-order chi connectivity index (χ0) is 20.5. The third kappa shape index (κ3) is 5.35. The lowest BCUT2D eigenvalue weighted by Crippen LogP contribution is -2.21. The fourth-order valence-corrected chi connectivity index (χ4v) is 5.22. The molecule has 1 unspecified atom stereocenters. The van der Waals surface area contributed by atoms with E-state index in [1.807, 2.05) is 12.1 Å². The molecule has 1 heterocycles. The van der Waals surface area contributed by atoms with Gasteiger partial charge in [0.1, 0.15) is 0 Å². The Morgan fingerprint density at radius 2 is 1.48 bits per heavy atom. The number of fused-ring (bicyclic) bond motifs is 1. The van der Waals surface area contributed by atoms with Crippen LogP contribution in [0.15, 0.2) is 30.3 Å². The molecule has 0 bridgehead atoms. The lowest BCUT2D eigenvalue weighted by Gasteiger charge is -2.18. The first-order valence-corrected chi connectivity index (χ1v) is 10.6. The van der Waals surface area contributed by atoms with Crippen LogP contribution in [0.1, 0.15) is 42.9 Å². The molecular weight excluding hydrogens is 418 g/mol. The molecule has 152 valence electrons. The summed E-state index contributed by atoms with van der Waals surface area (Å²) in [5.74, 6) is 0.131. The van der Waals surface area contributed by atoms with E-state index in [1.165, 1.54) is 0 Å². The molecule has 0 saturated heterocycles. The lowest BCUT2D eigenvalue weighted by molar-refractivity contribution is -0.0868. The van der Waals surface area contributed by atoms with Crippen LogP contribution in [0.5, 0.6) is 0 Å². The maximum atomic E-state index is 13.4. The summed E-state index contributed by atoms with van der Waals surface area (Å²) in [7, 11) is -7.78. The molecule has 3 nitrogen and oxygen atoms in total. The van der Waals surface area contributed by atoms with E-state index in [9.17, 15) is 26.3 Å². The Morgan fingerprint density at radius 3 is 1.96 bits per heavy atom. The number of hydrogen-bond donors (Lipinski definition) is 0. The predicted octanol–water partition coefficient (Wildman–Crippen LogP) is 6.16. The smallest absolute Gasteiger partial charge is 0.600 e. The number of benzene rings is 1. The standard InChI is InChI=1S/C15H16F3S.CHF3O3S/c16-15(17,18)19-13-9-5-4-8-12(13)10-14(19)11-6-2-1-3-7-11;2-1(3,4)8(5,6)7/h4-5,8-11H,1-3,6-7H2;(H,5,6,7)/q+1;/p-1. The largest absolute Gasteiger partial charge is 0.741 e. The second kappa shape index (κ2) is 7.96. The number of halogens is 6. The summed E-state index contributed by atoms with van der Waals surface area (Å²) in [4.78, 5) is 0.633. The van der Waals surface area contributed by atoms with Crippen molar-refractivity contribution in [2.75, 3.05) is 0 Å². The molecule has 0 spiro atoms. The maximum absolute atomic E-state index is 13.4. The molecule has 3 rings (SSSR count). The number of alkyl halides is 6. The molecule has 1 fully saturated rings. The van der Waals surface area contributed by atoms with Crippen molar-refractivity contribution >= 4 is 30.7 Å². The van der Waals surface area contributed by atoms with Gasteiger partial charge in [-0.1, -0.05) is 31.4 Å². The molecule has 1 saturated carbocycles. The Balaban J connectivity index is 0.000000279. The normalized spacial score (nSPS) is 17.5. The van der Waals surface area contributed by atoms with E-state index >= 15 is 0 Å². The van der Waals surface area contributed by atoms with Crippen LogP contribution in [-0.2, 0) is 15.6 Å². The molecule has 11 heteroatoms. The number of thiophene rings is 1. The highest BCUT2D eigenvalue weighted by Gasteiger charge is 2.49. The van der Waals surface area contributed by atoms with Gasteiger partial charge in [-0.3, -0.25) is 0 Å². The quantitative estimate of drug-likeness (QED) is 0.234. The summed E-state index contributed by atoms with van der Waals surface area (Å²) in [6, 6.07) is 8.77. The number of hydrogen-bond acceptors (Lipinski definition) is 3. The van der Waals surface area contributed by atoms with Gasteiger partial charge in [-0.15, -0.1) is 13.2 Å². The van der Waals surface area contributed by atoms with Gasteiger partial charge in [-0.2, -0.15) is 13.2 Å². The molecule has 27 heavy (non-hydrogen) atoms. The molecule has 0 N–H and O–H groups in total. The maximum Gasteiger partial charge on any atom is 0.600 e. The highest BCUT2D eigenvalue weighted by molar-refractivity contribution is 7.86. The average molecular weight is 434 g/mol. The zero-order valence-electron chi connectivity index (χ0n) is 13.8. The van der Waals surface area contributed by atoms with E-state index in [-0.39, 0.29) is 5.92 Å². The van der Waals surface area contributed by atoms with E-state index in [0.717, 1.165) is 37.5 Å². The van der Waals surface area contributed by atoms with Crippen molar-refractivity contribution in [3.8, 4) is 0 Å². The molecule has 1 aliphatic carbocycles. The molecule has 0 radical (unpaired) electrons. The van der Waals surface area contributed by atoms with Crippen molar-refractivity contribution in [2.45, 2.75) is 49.0 Å². The summed E-state index contributed by atoms with van der Waals surface area (Å²) in [6.45, 7) is 0. The van der Waals surface area contributed by atoms with Crippen LogP contribution in [0.2, 0.25) is 0 Å². The third-order valence-corrected chi connectivity index (χ3v) is 6.96. The SMILES string of the molecule is FC(F)(F)[s+]1c(C2CCCCC2)cc2ccccc21.O=S(=O)([O-])C(F)(F)F. The van der Waals surface area contributed by atoms with Crippen LogP contribution in [0.4, 0.5) is 26.3 Å². The van der Waals surface area contributed by atoms with Crippen molar-refractivity contribution in [1.82, 2.24) is 0 Å². The van der Waals surface area contributed by atoms with E-state index in [0.29, 0.717) is 9.58 Å². The van der Waals surface area contributed by atoms with Crippen LogP contribution in [0, 0.1) is 0 Å². The average Bonchev–Trinajstić information content (AvgIpc) is 2.94. The Morgan fingerprint density at radius 1 is 0.963 bits per heavy atom. The Labute approximate surface area is 154 Å². The summed E-state index contributed by atoms with van der Waals surface area (Å²) >= 11 is 0. The second-order valence-corrected chi connectivity index (χ2v) is 9.43. The summed E-state index contributed by atoms with van der Waals surface area (Å²) < 4.78 is 99.6. The molecule has 0 amide bonds. The first-order valence-electron chi connectivity index (χ1n) is 7.96. The van der Waals surface area contributed by atoms with Gasteiger partial charge >= 0.3 is 11.0 Å². The minimum atomic E-state index is -6.09. The Kier molecular flexibility index (Phi) is 6.48. The monoisotopic (exact) mass is 434 g/mol. The first kappa shape index (κ1) is 22.0. The summed E-state index contributed by atoms with van der Waals surface area (Å²) in [5, 5.41) is 0.767. The van der Waals surface area contributed by atoms with Crippen molar-refractivity contribution < 1.29 is 39.3 Å². The Bertz CT molecular complexity index is 878. The van der Waals surface area contributed by atoms with Gasteiger partial charge in [0.15, 0.2) is 19.7 Å². The van der Waals surface area contributed by atoms with Gasteiger partial charge < -0.3 is 4.55 Å². The molecule has 1 aliphatic rings. The van der Waals surface area contributed by atoms with Gasteiger partial charge in [0, 0.05) is 17.4 Å². The summed E-state index contributed by atoms with van der Waals surface area (Å²) in [6.07, 6.45) is 5.12. The lowest BCUT2D eigenvalue weighted by atomic mass is 9.88. The number of rotatable bonds is 1. The fraction of sp³-hybridized carbons (Fsp3) is 0.500. The van der Waals surface area contributed by atoms with Crippen LogP contribution in [-0.4, -0.2) is 18.5 Å². The minimum Gasteiger partial charge on any atom is -0.741 e. The van der Waals surface area contributed by atoms with Crippen molar-refractivity contribution in [3.63, 3.8) is 0 Å². The van der Waals surface area contributed by atoms with Gasteiger partial charge in [0.25, 0.3) is 0 Å². The van der Waals surface area contributed by atoms with Crippen molar-refractivity contribution in [3.05, 3.63) is 35.2 Å². The van der Waals surface area contributed by atoms with Gasteiger partial charge in [-0.05, 0) is 25.0 Å². The van der Waals surface area contributed by atoms with Crippen molar-refractivity contribution in [1.29, 1.82) is 0 Å². The van der Waals surface area contributed by atoms with Crippen molar-refractivity contribution in [2.24, 2.45) is 0 Å². The second-order valence-electron chi connectivity index (χ2n) is 6.07.